The molecule has 0 aromatic heterocycles. The summed E-state index contributed by atoms with van der Waals surface area (Å²) in [4.78, 5) is -0.370. The monoisotopic (exact) mass is 916 g/mol. The van der Waals surface area contributed by atoms with Crippen LogP contribution in [0.2, 0.25) is 0 Å². The molecule has 15 nitrogen and oxygen atoms in total. The molecule has 23 heteroatoms. The summed E-state index contributed by atoms with van der Waals surface area (Å²) in [5.74, 6) is 0. The molecule has 0 saturated heterocycles. The fourth-order valence-electron chi connectivity index (χ4n) is 2.96. The van der Waals surface area contributed by atoms with E-state index in [1.165, 1.54) is 60.7 Å². The molecule has 5 N–H and O–H groups in total. The number of rotatable bonds is 5. The predicted molar refractivity (Wildman–Crippen MR) is 205 cm³/mol. The summed E-state index contributed by atoms with van der Waals surface area (Å²) in [6.07, 6.45) is 0. The van der Waals surface area contributed by atoms with Crippen molar-refractivity contribution in [3.05, 3.63) is 152 Å². The molecule has 0 radical (unpaired) electrons. The molecule has 5 aromatic rings. The van der Waals surface area contributed by atoms with Gasteiger partial charge in [-0.15, -0.1) is 0 Å². The topological polar surface area (TPSA) is 272 Å². The van der Waals surface area contributed by atoms with Crippen LogP contribution in [0, 0.1) is 0 Å². The minimum atomic E-state index is -4.00. The van der Waals surface area contributed by atoms with Gasteiger partial charge in [-0.2, -0.15) is 42.1 Å². The summed E-state index contributed by atoms with van der Waals surface area (Å²) in [6.45, 7) is 0. The van der Waals surface area contributed by atoms with E-state index in [0.717, 1.165) is 0 Å². The number of benzene rings is 5. The van der Waals surface area contributed by atoms with E-state index in [1.54, 1.807) is 91.0 Å². The number of hydrogen-bond donors (Lipinski definition) is 5. The van der Waals surface area contributed by atoms with E-state index in [0.29, 0.717) is 0 Å². The van der Waals surface area contributed by atoms with Crippen molar-refractivity contribution in [2.75, 3.05) is 0 Å². The molecular formula is C30H36Ca3O15S5. The molecule has 0 aliphatic heterocycles. The van der Waals surface area contributed by atoms with E-state index in [4.69, 9.17) is 22.8 Å². The molecule has 5 rings (SSSR count). The zero-order valence-electron chi connectivity index (χ0n) is 33.4. The maximum atomic E-state index is 10.4. The Morgan fingerprint density at radius 1 is 0.245 bits per heavy atom. The minimum Gasteiger partial charge on any atom is -1.00 e. The maximum absolute atomic E-state index is 10.4. The Balaban J connectivity index is -0.0000000729. The molecule has 0 amide bonds. The summed E-state index contributed by atoms with van der Waals surface area (Å²) < 4.78 is 146. The standard InChI is InChI=1S/5C6H6O3S.3Ca.6H/c5*7-10(8,9)6-4-2-1-3-5-6;;;;;;;;;/h5*1-5H,(H,7,8,9);;;;;;;;;/q;;;;;3*+2;6*-1. The quantitative estimate of drug-likeness (QED) is 0.122. The van der Waals surface area contributed by atoms with Crippen molar-refractivity contribution in [2.45, 2.75) is 24.5 Å². The Morgan fingerprint density at radius 2 is 0.340 bits per heavy atom. The Kier molecular flexibility index (Phi) is 29.1. The molecule has 0 heterocycles. The van der Waals surface area contributed by atoms with E-state index >= 15 is 0 Å². The van der Waals surface area contributed by atoms with Gasteiger partial charge >= 0.3 is 113 Å². The second-order valence-corrected chi connectivity index (χ2v) is 16.0. The fourth-order valence-corrected chi connectivity index (χ4v) is 5.47. The SMILES string of the molecule is O=S(=O)(O)c1ccccc1.O=S(=O)(O)c1ccccc1.O=S(=O)(O)c1ccccc1.O=S(=O)(O)c1ccccc1.O=S(=O)(O)c1ccccc1.[Ca+2].[Ca+2].[Ca+2].[H-].[H-].[H-].[H-].[H-].[H-]. The third kappa shape index (κ3) is 26.1. The van der Waals surface area contributed by atoms with Gasteiger partial charge in [0.15, 0.2) is 0 Å². The first-order chi connectivity index (χ1) is 23.0. The van der Waals surface area contributed by atoms with Gasteiger partial charge in [0.2, 0.25) is 0 Å². The van der Waals surface area contributed by atoms with Crippen molar-refractivity contribution in [1.29, 1.82) is 0 Å². The van der Waals surface area contributed by atoms with Crippen LogP contribution < -0.4 is 0 Å². The van der Waals surface area contributed by atoms with Crippen molar-refractivity contribution in [2.24, 2.45) is 0 Å². The van der Waals surface area contributed by atoms with Crippen LogP contribution in [0.25, 0.3) is 0 Å². The predicted octanol–water partition coefficient (Wildman–Crippen LogP) is 4.20. The molecule has 5 aromatic carbocycles. The van der Waals surface area contributed by atoms with Crippen molar-refractivity contribution in [3.8, 4) is 0 Å². The Morgan fingerprint density at radius 3 is 0.396 bits per heavy atom. The summed E-state index contributed by atoms with van der Waals surface area (Å²) in [6, 6.07) is 37.1. The molecule has 0 saturated carbocycles. The van der Waals surface area contributed by atoms with Gasteiger partial charge in [-0.05, 0) is 60.7 Å². The van der Waals surface area contributed by atoms with Crippen LogP contribution in [0.4, 0.5) is 0 Å². The largest absolute Gasteiger partial charge is 2.00 e. The van der Waals surface area contributed by atoms with Gasteiger partial charge in [-0.25, -0.2) is 0 Å². The van der Waals surface area contributed by atoms with Crippen LogP contribution in [-0.2, 0) is 50.6 Å². The first-order valence-electron chi connectivity index (χ1n) is 13.2. The molecule has 0 bridgehead atoms. The van der Waals surface area contributed by atoms with Crippen molar-refractivity contribution in [3.63, 3.8) is 0 Å². The van der Waals surface area contributed by atoms with Crippen LogP contribution in [0.15, 0.2) is 176 Å². The average Bonchev–Trinajstić information content (AvgIpc) is 3.06. The van der Waals surface area contributed by atoms with Crippen molar-refractivity contribution < 1.29 is 73.4 Å². The molecule has 0 aliphatic carbocycles. The van der Waals surface area contributed by atoms with E-state index in [1.807, 2.05) is 0 Å². The molecule has 0 atom stereocenters. The van der Waals surface area contributed by atoms with E-state index in [9.17, 15) is 42.1 Å². The zero-order valence-corrected chi connectivity index (χ0v) is 38.1. The summed E-state index contributed by atoms with van der Waals surface area (Å²) in [7, 11) is -20.0. The van der Waals surface area contributed by atoms with Crippen molar-refractivity contribution >= 4 is 164 Å². The number of hydrogen-bond acceptors (Lipinski definition) is 10. The molecule has 282 valence electrons. The van der Waals surface area contributed by atoms with E-state index in [2.05, 4.69) is 0 Å². The Hall–Kier alpha value is -0.571. The maximum Gasteiger partial charge on any atom is 2.00 e. The van der Waals surface area contributed by atoms with Gasteiger partial charge in [-0.3, -0.25) is 22.8 Å². The third-order valence-electron chi connectivity index (χ3n) is 5.21. The Labute approximate surface area is 407 Å². The van der Waals surface area contributed by atoms with Gasteiger partial charge in [0.25, 0.3) is 50.6 Å². The third-order valence-corrected chi connectivity index (χ3v) is 9.54. The average molecular weight is 917 g/mol. The summed E-state index contributed by atoms with van der Waals surface area (Å²) >= 11 is 0. The minimum absolute atomic E-state index is 0. The van der Waals surface area contributed by atoms with Crippen LogP contribution in [0.1, 0.15) is 8.56 Å². The molecule has 0 spiro atoms. The van der Waals surface area contributed by atoms with Gasteiger partial charge < -0.3 is 8.56 Å². The van der Waals surface area contributed by atoms with Crippen LogP contribution >= 0.6 is 0 Å². The summed E-state index contributed by atoms with van der Waals surface area (Å²) in [5, 5.41) is 0. The Bertz CT molecular complexity index is 1940. The molecule has 0 aliphatic rings. The first kappa shape index (κ1) is 56.8. The van der Waals surface area contributed by atoms with Crippen LogP contribution in [0.5, 0.6) is 0 Å². The van der Waals surface area contributed by atoms with Crippen molar-refractivity contribution in [1.82, 2.24) is 0 Å². The van der Waals surface area contributed by atoms with Gasteiger partial charge in [0.05, 0.1) is 24.5 Å². The molecule has 0 fully saturated rings. The zero-order chi connectivity index (χ0) is 38.1. The fraction of sp³-hybridized carbons (Fsp3) is 0. The molecular weight excluding hydrogens is 881 g/mol. The molecule has 53 heavy (non-hydrogen) atoms. The van der Waals surface area contributed by atoms with Crippen LogP contribution in [0.3, 0.4) is 0 Å². The van der Waals surface area contributed by atoms with Gasteiger partial charge in [0, 0.05) is 0 Å². The summed E-state index contributed by atoms with van der Waals surface area (Å²) in [5.41, 5.74) is 0. The second-order valence-electron chi connectivity index (χ2n) is 8.94. The van der Waals surface area contributed by atoms with E-state index in [-0.39, 0.29) is 146 Å². The van der Waals surface area contributed by atoms with Crippen LogP contribution in [-0.4, -0.2) is 178 Å². The smallest absolute Gasteiger partial charge is 1.00 e. The second kappa shape index (κ2) is 27.1. The van der Waals surface area contributed by atoms with Gasteiger partial charge in [-0.1, -0.05) is 91.0 Å². The van der Waals surface area contributed by atoms with E-state index < -0.39 is 50.6 Å². The first-order valence-corrected chi connectivity index (χ1v) is 20.4. The normalized spacial score (nSPS) is 10.7. The van der Waals surface area contributed by atoms with Gasteiger partial charge in [0.1, 0.15) is 0 Å². The molecule has 0 unspecified atom stereocenters.